The highest BCUT2D eigenvalue weighted by molar-refractivity contribution is 5.23. The van der Waals surface area contributed by atoms with Crippen molar-refractivity contribution in [2.75, 3.05) is 12.3 Å². The van der Waals surface area contributed by atoms with Crippen LogP contribution in [0.3, 0.4) is 0 Å². The molecule has 1 rings (SSSR count). The van der Waals surface area contributed by atoms with E-state index in [1.54, 1.807) is 0 Å². The van der Waals surface area contributed by atoms with Crippen LogP contribution in [0.15, 0.2) is 22.5 Å². The number of aromatic nitrogens is 2. The number of nitrogens with two attached hydrogens (primary N) is 1. The van der Waals surface area contributed by atoms with Crippen LogP contribution < -0.4 is 11.3 Å². The van der Waals surface area contributed by atoms with Gasteiger partial charge in [-0.25, -0.2) is 4.98 Å². The molecule has 0 amide bonds. The molecule has 100 valence electrons. The molecule has 8 nitrogen and oxygen atoms in total. The highest BCUT2D eigenvalue weighted by Crippen LogP contribution is 2.20. The Kier molecular flexibility index (Phi) is 4.29. The van der Waals surface area contributed by atoms with E-state index in [9.17, 15) is 15.0 Å². The van der Waals surface area contributed by atoms with Crippen molar-refractivity contribution in [2.45, 2.75) is 18.9 Å². The lowest BCUT2D eigenvalue weighted by molar-refractivity contribution is 0.111. The van der Waals surface area contributed by atoms with Gasteiger partial charge in [0.15, 0.2) is 17.5 Å². The van der Waals surface area contributed by atoms with Crippen LogP contribution in [0.5, 0.6) is 0 Å². The van der Waals surface area contributed by atoms with E-state index in [1.807, 2.05) is 0 Å². The number of aliphatic hydroxyl groups excluding tert-OH is 4. The minimum absolute atomic E-state index is 0.0663. The molecule has 1 heterocycles. The van der Waals surface area contributed by atoms with Crippen LogP contribution in [0.1, 0.15) is 18.4 Å². The van der Waals surface area contributed by atoms with Crippen LogP contribution >= 0.6 is 0 Å². The van der Waals surface area contributed by atoms with Crippen molar-refractivity contribution in [2.24, 2.45) is 0 Å². The second-order valence-corrected chi connectivity index (χ2v) is 3.78. The maximum Gasteiger partial charge on any atom is 0.255 e. The topological polar surface area (TPSA) is 153 Å². The first-order chi connectivity index (χ1) is 8.38. The molecule has 0 radical (unpaired) electrons. The molecule has 1 unspecified atom stereocenters. The second kappa shape index (κ2) is 5.52. The molecule has 0 aromatic carbocycles. The third-order valence-corrected chi connectivity index (χ3v) is 2.54. The maximum atomic E-state index is 11.6. The highest BCUT2D eigenvalue weighted by Gasteiger charge is 2.25. The number of rotatable bonds is 4. The first-order valence-corrected chi connectivity index (χ1v) is 5.13. The number of hydrogen-bond acceptors (Lipinski definition) is 7. The summed E-state index contributed by atoms with van der Waals surface area (Å²) in [5.41, 5.74) is 4.81. The molecule has 0 bridgehead atoms. The zero-order chi connectivity index (χ0) is 13.9. The first-order valence-electron chi connectivity index (χ1n) is 5.13. The van der Waals surface area contributed by atoms with Gasteiger partial charge in [0.2, 0.25) is 0 Å². The number of nitrogen functional groups attached to an aromatic ring is 1. The van der Waals surface area contributed by atoms with E-state index in [2.05, 4.69) is 9.97 Å². The molecule has 1 aromatic heterocycles. The van der Waals surface area contributed by atoms with Gasteiger partial charge in [-0.2, -0.15) is 0 Å². The van der Waals surface area contributed by atoms with Gasteiger partial charge in [-0.05, 0) is 0 Å². The van der Waals surface area contributed by atoms with Gasteiger partial charge in [-0.15, -0.1) is 0 Å². The SMILES string of the molecule is C[C@@H](c1cnc(N)[nH]c1=O)C(O)/C(O)=C(\O)CO. The number of nitrogens with zero attached hydrogens (tertiary/aromatic N) is 1. The molecular weight excluding hydrogens is 242 g/mol. The molecule has 0 fully saturated rings. The van der Waals surface area contributed by atoms with Crippen molar-refractivity contribution in [3.8, 4) is 0 Å². The number of aromatic amines is 1. The van der Waals surface area contributed by atoms with Crippen LogP contribution in [-0.4, -0.2) is 43.1 Å². The van der Waals surface area contributed by atoms with Gasteiger partial charge in [0.1, 0.15) is 12.7 Å². The second-order valence-electron chi connectivity index (χ2n) is 3.78. The van der Waals surface area contributed by atoms with Crippen molar-refractivity contribution in [3.05, 3.63) is 33.6 Å². The number of anilines is 1. The predicted molar refractivity (Wildman–Crippen MR) is 63.1 cm³/mol. The van der Waals surface area contributed by atoms with Crippen LogP contribution in [0.2, 0.25) is 0 Å². The summed E-state index contributed by atoms with van der Waals surface area (Å²) in [6, 6.07) is 0. The largest absolute Gasteiger partial charge is 0.506 e. The third kappa shape index (κ3) is 2.79. The van der Waals surface area contributed by atoms with Crippen LogP contribution in [0, 0.1) is 0 Å². The Morgan fingerprint density at radius 2 is 2.17 bits per heavy atom. The van der Waals surface area contributed by atoms with Crippen molar-refractivity contribution in [3.63, 3.8) is 0 Å². The van der Waals surface area contributed by atoms with Gasteiger partial charge in [0.05, 0.1) is 0 Å². The predicted octanol–water partition coefficient (Wildman–Crippen LogP) is -0.864. The third-order valence-electron chi connectivity index (χ3n) is 2.54. The van der Waals surface area contributed by atoms with Gasteiger partial charge in [-0.1, -0.05) is 6.92 Å². The number of H-pyrrole nitrogens is 1. The molecule has 0 spiro atoms. The smallest absolute Gasteiger partial charge is 0.255 e. The zero-order valence-electron chi connectivity index (χ0n) is 9.66. The van der Waals surface area contributed by atoms with E-state index in [0.717, 1.165) is 0 Å². The van der Waals surface area contributed by atoms with Crippen molar-refractivity contribution >= 4 is 5.95 Å². The van der Waals surface area contributed by atoms with E-state index in [-0.39, 0.29) is 11.5 Å². The quantitative estimate of drug-likeness (QED) is 0.383. The Morgan fingerprint density at radius 3 is 2.67 bits per heavy atom. The fourth-order valence-electron chi connectivity index (χ4n) is 1.40. The molecular formula is C10H15N3O5. The summed E-state index contributed by atoms with van der Waals surface area (Å²) < 4.78 is 0. The molecule has 18 heavy (non-hydrogen) atoms. The lowest BCUT2D eigenvalue weighted by Crippen LogP contribution is -2.27. The summed E-state index contributed by atoms with van der Waals surface area (Å²) >= 11 is 0. The Morgan fingerprint density at radius 1 is 1.56 bits per heavy atom. The number of aliphatic hydroxyl groups is 4. The Labute approximate surface area is 102 Å². The normalized spacial score (nSPS) is 15.9. The zero-order valence-corrected chi connectivity index (χ0v) is 9.66. The minimum Gasteiger partial charge on any atom is -0.506 e. The first kappa shape index (κ1) is 14.0. The van der Waals surface area contributed by atoms with E-state index < -0.39 is 35.7 Å². The fourth-order valence-corrected chi connectivity index (χ4v) is 1.40. The van der Waals surface area contributed by atoms with Gasteiger partial charge in [0, 0.05) is 17.7 Å². The Balaban J connectivity index is 3.07. The molecule has 0 saturated carbocycles. The van der Waals surface area contributed by atoms with Gasteiger partial charge < -0.3 is 26.2 Å². The van der Waals surface area contributed by atoms with Crippen LogP contribution in [0.25, 0.3) is 0 Å². The maximum absolute atomic E-state index is 11.6. The summed E-state index contributed by atoms with van der Waals surface area (Å²) in [5, 5.41) is 36.9. The fraction of sp³-hybridized carbons (Fsp3) is 0.400. The van der Waals surface area contributed by atoms with Gasteiger partial charge >= 0.3 is 0 Å². The van der Waals surface area contributed by atoms with E-state index in [0.29, 0.717) is 0 Å². The Bertz CT molecular complexity index is 510. The lowest BCUT2D eigenvalue weighted by Gasteiger charge is -2.18. The summed E-state index contributed by atoms with van der Waals surface area (Å²) in [5.74, 6) is -2.45. The summed E-state index contributed by atoms with van der Waals surface area (Å²) in [4.78, 5) is 17.5. The summed E-state index contributed by atoms with van der Waals surface area (Å²) in [6.07, 6.45) is -0.366. The molecule has 0 aliphatic rings. The van der Waals surface area contributed by atoms with Crippen molar-refractivity contribution in [1.82, 2.24) is 9.97 Å². The minimum atomic E-state index is -1.54. The van der Waals surface area contributed by atoms with E-state index >= 15 is 0 Å². The van der Waals surface area contributed by atoms with Gasteiger partial charge in [0.25, 0.3) is 5.56 Å². The molecule has 7 N–H and O–H groups in total. The van der Waals surface area contributed by atoms with Crippen molar-refractivity contribution < 1.29 is 20.4 Å². The van der Waals surface area contributed by atoms with Crippen molar-refractivity contribution in [1.29, 1.82) is 0 Å². The summed E-state index contributed by atoms with van der Waals surface area (Å²) in [6.45, 7) is 0.639. The van der Waals surface area contributed by atoms with E-state index in [4.69, 9.17) is 15.9 Å². The van der Waals surface area contributed by atoms with Gasteiger partial charge in [-0.3, -0.25) is 9.78 Å². The standard InChI is InChI=1S/C10H15N3O5/c1-4(7(16)8(17)6(15)3-14)5-2-12-10(11)13-9(5)18/h2,4,7,14-17H,3H2,1H3,(H3,11,12,13,18)/b8-6+/t4-,7?/m0/s1. The highest BCUT2D eigenvalue weighted by atomic mass is 16.4. The van der Waals surface area contributed by atoms with E-state index in [1.165, 1.54) is 13.1 Å². The van der Waals surface area contributed by atoms with Crippen LogP contribution in [0.4, 0.5) is 5.95 Å². The molecule has 0 aliphatic carbocycles. The average molecular weight is 257 g/mol. The Hall–Kier alpha value is -2.06. The molecule has 2 atom stereocenters. The average Bonchev–Trinajstić information content (AvgIpc) is 2.35. The molecule has 1 aromatic rings. The molecule has 8 heteroatoms. The number of nitrogens with one attached hydrogen (secondary N) is 1. The molecule has 0 saturated heterocycles. The molecule has 0 aliphatic heterocycles. The van der Waals surface area contributed by atoms with Crippen LogP contribution in [-0.2, 0) is 0 Å². The number of hydrogen-bond donors (Lipinski definition) is 6. The monoisotopic (exact) mass is 257 g/mol. The lowest BCUT2D eigenvalue weighted by atomic mass is 9.96. The summed E-state index contributed by atoms with van der Waals surface area (Å²) in [7, 11) is 0.